The topological polar surface area (TPSA) is 307 Å². The molecule has 17 atom stereocenters. The van der Waals surface area contributed by atoms with Crippen LogP contribution in [-0.4, -0.2) is 193 Å². The Kier molecular flexibility index (Phi) is 46.4. The summed E-state index contributed by atoms with van der Waals surface area (Å²) in [5.41, 5.74) is 0. The fourth-order valence-corrected chi connectivity index (χ4v) is 12.0. The molecule has 12 N–H and O–H groups in total. The van der Waals surface area contributed by atoms with Crippen LogP contribution in [0.15, 0.2) is 24.3 Å². The molecular weight excluding hydrogens is 1120 g/mol. The smallest absolute Gasteiger partial charge is 0.220 e. The molecule has 3 aliphatic heterocycles. The molecule has 3 fully saturated rings. The van der Waals surface area contributed by atoms with Gasteiger partial charge < -0.3 is 89.9 Å². The lowest BCUT2D eigenvalue weighted by atomic mass is 9.96. The summed E-state index contributed by atoms with van der Waals surface area (Å²) < 4.78 is 34.4. The molecular formula is C68H127NO18. The second kappa shape index (κ2) is 50.8. The number of hydrogen-bond donors (Lipinski definition) is 12. The number of allylic oxidation sites excluding steroid dienone is 3. The molecule has 1 amide bonds. The maximum absolute atomic E-state index is 13.4. The summed E-state index contributed by atoms with van der Waals surface area (Å²) in [6.45, 7) is 1.76. The Labute approximate surface area is 524 Å². The van der Waals surface area contributed by atoms with Crippen LogP contribution in [0.25, 0.3) is 0 Å². The van der Waals surface area contributed by atoms with Crippen LogP contribution in [-0.2, 0) is 33.2 Å². The standard InChI is InChI=1S/C68H127NO18/c1-3-5-7-9-11-13-15-17-19-21-22-23-24-25-26-27-28-30-32-34-36-38-40-42-44-46-56(74)69-51(52(73)45-43-41-39-37-35-33-31-29-20-18-16-14-12-10-8-6-4-2)50-82-66-62(80)59(77)64(54(48-71)84-66)87-68-63(81)60(78)65(55(49-72)85-68)86-67-61(79)58(76)57(75)53(47-70)83-67/h21-22,43,45,51-55,57-68,70-73,75-81H,3-20,23-42,44,46-50H2,1-2H3,(H,69,74)/b22-21-,45-43+. The molecule has 0 saturated carbocycles. The van der Waals surface area contributed by atoms with E-state index in [1.807, 2.05) is 6.08 Å². The lowest BCUT2D eigenvalue weighted by Crippen LogP contribution is -2.66. The quantitative estimate of drug-likeness (QED) is 0.0200. The van der Waals surface area contributed by atoms with Gasteiger partial charge in [-0.1, -0.05) is 244 Å². The second-order valence-electron chi connectivity index (χ2n) is 25.3. The highest BCUT2D eigenvalue weighted by Crippen LogP contribution is 2.33. The molecule has 17 unspecified atom stereocenters. The number of nitrogens with one attached hydrogen (secondary N) is 1. The van der Waals surface area contributed by atoms with E-state index in [0.717, 1.165) is 44.9 Å². The lowest BCUT2D eigenvalue weighted by molar-refractivity contribution is -0.379. The van der Waals surface area contributed by atoms with Crippen molar-refractivity contribution in [1.29, 1.82) is 0 Å². The van der Waals surface area contributed by atoms with E-state index < -0.39 is 124 Å². The number of carbonyl (C=O) groups excluding carboxylic acids is 1. The average Bonchev–Trinajstić information content (AvgIpc) is 1.15. The number of unbranched alkanes of at least 4 members (excludes halogenated alkanes) is 36. The second-order valence-corrected chi connectivity index (χ2v) is 25.3. The minimum atomic E-state index is -1.98. The Bertz CT molecular complexity index is 1680. The Balaban J connectivity index is 1.43. The largest absolute Gasteiger partial charge is 0.394 e. The van der Waals surface area contributed by atoms with Crippen molar-refractivity contribution in [1.82, 2.24) is 5.32 Å². The van der Waals surface area contributed by atoms with E-state index in [1.165, 1.54) is 199 Å². The van der Waals surface area contributed by atoms with Crippen molar-refractivity contribution in [2.24, 2.45) is 0 Å². The van der Waals surface area contributed by atoms with E-state index >= 15 is 0 Å². The van der Waals surface area contributed by atoms with Gasteiger partial charge in [-0.05, 0) is 44.9 Å². The number of rotatable bonds is 54. The Morgan fingerprint density at radius 1 is 0.402 bits per heavy atom. The zero-order valence-corrected chi connectivity index (χ0v) is 54.0. The van der Waals surface area contributed by atoms with Crippen molar-refractivity contribution in [2.45, 2.75) is 375 Å². The van der Waals surface area contributed by atoms with E-state index in [0.29, 0.717) is 6.42 Å². The van der Waals surface area contributed by atoms with Gasteiger partial charge in [-0.3, -0.25) is 4.79 Å². The third-order valence-corrected chi connectivity index (χ3v) is 17.7. The number of aliphatic hydroxyl groups is 11. The zero-order valence-electron chi connectivity index (χ0n) is 54.0. The van der Waals surface area contributed by atoms with Crippen molar-refractivity contribution >= 4 is 5.91 Å². The van der Waals surface area contributed by atoms with Crippen LogP contribution in [0.5, 0.6) is 0 Å². The summed E-state index contributed by atoms with van der Waals surface area (Å²) >= 11 is 0. The van der Waals surface area contributed by atoms with Gasteiger partial charge in [0, 0.05) is 6.42 Å². The molecule has 19 heteroatoms. The van der Waals surface area contributed by atoms with Crippen LogP contribution >= 0.6 is 0 Å². The van der Waals surface area contributed by atoms with Gasteiger partial charge in [0.25, 0.3) is 0 Å². The van der Waals surface area contributed by atoms with Gasteiger partial charge in [0.1, 0.15) is 73.2 Å². The summed E-state index contributed by atoms with van der Waals surface area (Å²) in [7, 11) is 0. The van der Waals surface area contributed by atoms with E-state index in [2.05, 4.69) is 31.3 Å². The fraction of sp³-hybridized carbons (Fsp3) is 0.926. The molecule has 3 heterocycles. The van der Waals surface area contributed by atoms with Gasteiger partial charge in [-0.15, -0.1) is 0 Å². The van der Waals surface area contributed by atoms with E-state index in [9.17, 15) is 61.0 Å². The molecule has 3 aliphatic rings. The van der Waals surface area contributed by atoms with Crippen molar-refractivity contribution in [3.05, 3.63) is 24.3 Å². The molecule has 0 spiro atoms. The SMILES string of the molecule is CCCCCCCCCC/C=C\CCCCCCCCCCCCCCCC(=O)NC(COC1OC(CO)C(OC2OC(CO)C(OC3OC(CO)C(O)C(O)C3O)C(O)C2O)C(O)C1O)C(O)/C=C/CCCCCCCCCCCCCCCCC. The maximum atomic E-state index is 13.4. The Morgan fingerprint density at radius 2 is 0.724 bits per heavy atom. The van der Waals surface area contributed by atoms with Gasteiger partial charge in [0.05, 0.1) is 38.6 Å². The van der Waals surface area contributed by atoms with Crippen LogP contribution in [0.2, 0.25) is 0 Å². The summed E-state index contributed by atoms with van der Waals surface area (Å²) in [6, 6.07) is -0.971. The first-order chi connectivity index (χ1) is 42.3. The number of ether oxygens (including phenoxy) is 6. The summed E-state index contributed by atoms with van der Waals surface area (Å²) in [5, 5.41) is 120. The Morgan fingerprint density at radius 3 is 1.11 bits per heavy atom. The van der Waals surface area contributed by atoms with Crippen LogP contribution in [0.4, 0.5) is 0 Å². The van der Waals surface area contributed by atoms with Gasteiger partial charge in [-0.2, -0.15) is 0 Å². The molecule has 3 rings (SSSR count). The van der Waals surface area contributed by atoms with Crippen molar-refractivity contribution < 1.29 is 89.4 Å². The maximum Gasteiger partial charge on any atom is 0.220 e. The monoisotopic (exact) mass is 1250 g/mol. The summed E-state index contributed by atoms with van der Waals surface area (Å²) in [4.78, 5) is 13.4. The normalized spacial score (nSPS) is 28.7. The summed E-state index contributed by atoms with van der Waals surface area (Å²) in [6.07, 6.45) is 30.1. The fourth-order valence-electron chi connectivity index (χ4n) is 12.0. The van der Waals surface area contributed by atoms with Crippen LogP contribution in [0.1, 0.15) is 271 Å². The molecule has 0 aromatic heterocycles. The number of amides is 1. The number of aliphatic hydroxyl groups excluding tert-OH is 11. The third-order valence-electron chi connectivity index (χ3n) is 17.7. The molecule has 0 aromatic rings. The highest BCUT2D eigenvalue weighted by molar-refractivity contribution is 5.76. The van der Waals surface area contributed by atoms with Crippen molar-refractivity contribution in [3.63, 3.8) is 0 Å². The predicted molar refractivity (Wildman–Crippen MR) is 337 cm³/mol. The van der Waals surface area contributed by atoms with E-state index in [-0.39, 0.29) is 18.9 Å². The summed E-state index contributed by atoms with van der Waals surface area (Å²) in [5.74, 6) is -0.272. The average molecular weight is 1250 g/mol. The van der Waals surface area contributed by atoms with E-state index in [1.54, 1.807) is 6.08 Å². The molecule has 0 aliphatic carbocycles. The molecule has 512 valence electrons. The first-order valence-corrected chi connectivity index (χ1v) is 35.1. The van der Waals surface area contributed by atoms with E-state index in [4.69, 9.17) is 28.4 Å². The molecule has 3 saturated heterocycles. The van der Waals surface area contributed by atoms with Crippen LogP contribution in [0, 0.1) is 0 Å². The molecule has 0 aromatic carbocycles. The third kappa shape index (κ3) is 33.1. The molecule has 19 nitrogen and oxygen atoms in total. The van der Waals surface area contributed by atoms with Gasteiger partial charge in [-0.25, -0.2) is 0 Å². The predicted octanol–water partition coefficient (Wildman–Crippen LogP) is 9.05. The lowest BCUT2D eigenvalue weighted by Gasteiger charge is -2.48. The zero-order chi connectivity index (χ0) is 63.3. The van der Waals surface area contributed by atoms with Crippen molar-refractivity contribution in [3.8, 4) is 0 Å². The van der Waals surface area contributed by atoms with Gasteiger partial charge >= 0.3 is 0 Å². The highest BCUT2D eigenvalue weighted by atomic mass is 16.8. The molecule has 0 radical (unpaired) electrons. The first-order valence-electron chi connectivity index (χ1n) is 35.1. The number of carbonyl (C=O) groups is 1. The number of hydrogen-bond acceptors (Lipinski definition) is 18. The highest BCUT2D eigenvalue weighted by Gasteiger charge is 2.53. The Hall–Kier alpha value is -1.73. The molecule has 0 bridgehead atoms. The minimum Gasteiger partial charge on any atom is -0.394 e. The van der Waals surface area contributed by atoms with Crippen molar-refractivity contribution in [2.75, 3.05) is 26.4 Å². The van der Waals surface area contributed by atoms with Crippen LogP contribution in [0.3, 0.4) is 0 Å². The first kappa shape index (κ1) is 79.5. The molecule has 87 heavy (non-hydrogen) atoms. The van der Waals surface area contributed by atoms with Gasteiger partial charge in [0.15, 0.2) is 18.9 Å². The minimum absolute atomic E-state index is 0.246. The van der Waals surface area contributed by atoms with Crippen LogP contribution < -0.4 is 5.32 Å². The van der Waals surface area contributed by atoms with Gasteiger partial charge in [0.2, 0.25) is 5.91 Å².